The van der Waals surface area contributed by atoms with Gasteiger partial charge in [0.05, 0.1) is 6.42 Å². The molecule has 1 unspecified atom stereocenters. The van der Waals surface area contributed by atoms with Gasteiger partial charge in [0.15, 0.2) is 6.10 Å². The molecule has 0 N–H and O–H groups in total. The Hall–Kier alpha value is -2.89. The second-order valence-electron chi connectivity index (χ2n) is 24.5. The van der Waals surface area contributed by atoms with Crippen LogP contribution in [0.3, 0.4) is 0 Å². The Bertz CT molecular complexity index is 1460. The molecule has 0 amide bonds. The van der Waals surface area contributed by atoms with Crippen LogP contribution in [0.5, 0.6) is 0 Å². The normalized spacial score (nSPS) is 12.4. The average Bonchev–Trinajstić information content (AvgIpc) is 3.47. The molecular formula is C76H138O6. The van der Waals surface area contributed by atoms with Crippen LogP contribution in [0.15, 0.2) is 60.8 Å². The lowest BCUT2D eigenvalue weighted by Crippen LogP contribution is -2.30. The van der Waals surface area contributed by atoms with E-state index >= 15 is 0 Å². The molecule has 1 atom stereocenters. The zero-order valence-corrected chi connectivity index (χ0v) is 55.0. The largest absolute Gasteiger partial charge is 0.462 e. The number of hydrogen-bond donors (Lipinski definition) is 0. The zero-order chi connectivity index (χ0) is 59.2. The molecule has 0 saturated heterocycles. The maximum Gasteiger partial charge on any atom is 0.309 e. The van der Waals surface area contributed by atoms with E-state index in [1.165, 1.54) is 276 Å². The third-order valence-corrected chi connectivity index (χ3v) is 16.3. The van der Waals surface area contributed by atoms with Crippen molar-refractivity contribution in [1.82, 2.24) is 0 Å². The Kier molecular flexibility index (Phi) is 68.1. The summed E-state index contributed by atoms with van der Waals surface area (Å²) in [5, 5.41) is 0. The number of allylic oxidation sites excluding steroid dienone is 9. The van der Waals surface area contributed by atoms with Gasteiger partial charge in [-0.1, -0.05) is 383 Å². The lowest BCUT2D eigenvalue weighted by Gasteiger charge is -2.18. The molecule has 0 heterocycles. The van der Waals surface area contributed by atoms with E-state index in [1.54, 1.807) is 0 Å². The summed E-state index contributed by atoms with van der Waals surface area (Å²) in [6.45, 7) is 6.51. The van der Waals surface area contributed by atoms with Crippen LogP contribution in [-0.4, -0.2) is 37.2 Å². The molecule has 6 heteroatoms. The SMILES string of the molecule is CC/C=C\C/C=C\C/C=C\C/C=C\C/C=C\CC(=O)OCC(COC(=O)CCCCCCCCCCCCCCCCCCCCCCCCCCCCCCCCC)OC(=O)CCCCCCCCCCCCCCCCCCCC. The van der Waals surface area contributed by atoms with Gasteiger partial charge in [-0.15, -0.1) is 0 Å². The van der Waals surface area contributed by atoms with E-state index < -0.39 is 12.1 Å². The molecular weight excluding hydrogens is 1010 g/mol. The highest BCUT2D eigenvalue weighted by atomic mass is 16.6. The van der Waals surface area contributed by atoms with E-state index in [0.717, 1.165) is 70.6 Å². The number of carbonyl (C=O) groups excluding carboxylic acids is 3. The monoisotopic (exact) mass is 1150 g/mol. The van der Waals surface area contributed by atoms with Crippen molar-refractivity contribution < 1.29 is 28.6 Å². The summed E-state index contributed by atoms with van der Waals surface area (Å²) in [5.41, 5.74) is 0. The van der Waals surface area contributed by atoms with Crippen molar-refractivity contribution in [3.63, 3.8) is 0 Å². The first-order valence-corrected chi connectivity index (χ1v) is 36.3. The molecule has 0 rings (SSSR count). The number of carbonyl (C=O) groups is 3. The Morgan fingerprint density at radius 2 is 0.476 bits per heavy atom. The second-order valence-corrected chi connectivity index (χ2v) is 24.5. The van der Waals surface area contributed by atoms with Gasteiger partial charge in [0, 0.05) is 12.8 Å². The van der Waals surface area contributed by atoms with Gasteiger partial charge in [-0.25, -0.2) is 0 Å². The minimum atomic E-state index is -0.812. The van der Waals surface area contributed by atoms with Gasteiger partial charge in [0.2, 0.25) is 0 Å². The van der Waals surface area contributed by atoms with Crippen molar-refractivity contribution in [2.45, 2.75) is 393 Å². The van der Waals surface area contributed by atoms with Gasteiger partial charge in [0.25, 0.3) is 0 Å². The summed E-state index contributed by atoms with van der Waals surface area (Å²) >= 11 is 0. The zero-order valence-electron chi connectivity index (χ0n) is 55.0. The van der Waals surface area contributed by atoms with Crippen molar-refractivity contribution in [2.75, 3.05) is 13.2 Å². The number of ether oxygens (including phenoxy) is 3. The highest BCUT2D eigenvalue weighted by molar-refractivity contribution is 5.72. The fraction of sp³-hybridized carbons (Fsp3) is 0.829. The molecule has 0 aromatic heterocycles. The van der Waals surface area contributed by atoms with E-state index in [-0.39, 0.29) is 31.6 Å². The van der Waals surface area contributed by atoms with Gasteiger partial charge in [-0.3, -0.25) is 14.4 Å². The third kappa shape index (κ3) is 67.9. The molecule has 6 nitrogen and oxygen atoms in total. The number of hydrogen-bond acceptors (Lipinski definition) is 6. The summed E-state index contributed by atoms with van der Waals surface area (Å²) in [5.74, 6) is -1.01. The molecule has 0 bridgehead atoms. The highest BCUT2D eigenvalue weighted by Gasteiger charge is 2.19. The maximum absolute atomic E-state index is 12.9. The van der Waals surface area contributed by atoms with Crippen molar-refractivity contribution in [3.05, 3.63) is 60.8 Å². The maximum atomic E-state index is 12.9. The van der Waals surface area contributed by atoms with Crippen molar-refractivity contribution in [2.24, 2.45) is 0 Å². The average molecular weight is 1150 g/mol. The Morgan fingerprint density at radius 3 is 0.744 bits per heavy atom. The quantitative estimate of drug-likeness (QED) is 0.0261. The first kappa shape index (κ1) is 79.1. The summed E-state index contributed by atoms with van der Waals surface area (Å²) in [6.07, 6.45) is 91.6. The molecule has 478 valence electrons. The Labute approximate surface area is 510 Å². The van der Waals surface area contributed by atoms with Crippen LogP contribution >= 0.6 is 0 Å². The lowest BCUT2D eigenvalue weighted by molar-refractivity contribution is -0.166. The van der Waals surface area contributed by atoms with Gasteiger partial charge < -0.3 is 14.2 Å². The number of esters is 3. The summed E-state index contributed by atoms with van der Waals surface area (Å²) in [6, 6.07) is 0. The highest BCUT2D eigenvalue weighted by Crippen LogP contribution is 2.19. The van der Waals surface area contributed by atoms with Crippen LogP contribution in [0.1, 0.15) is 387 Å². The Morgan fingerprint density at radius 1 is 0.256 bits per heavy atom. The topological polar surface area (TPSA) is 78.9 Å². The van der Waals surface area contributed by atoms with Crippen molar-refractivity contribution in [1.29, 1.82) is 0 Å². The fourth-order valence-corrected chi connectivity index (χ4v) is 10.9. The van der Waals surface area contributed by atoms with Gasteiger partial charge in [-0.2, -0.15) is 0 Å². The third-order valence-electron chi connectivity index (χ3n) is 16.3. The van der Waals surface area contributed by atoms with Crippen LogP contribution in [0, 0.1) is 0 Å². The van der Waals surface area contributed by atoms with Crippen LogP contribution < -0.4 is 0 Å². The van der Waals surface area contributed by atoms with Gasteiger partial charge in [0.1, 0.15) is 13.2 Å². The van der Waals surface area contributed by atoms with Crippen LogP contribution in [0.4, 0.5) is 0 Å². The molecule has 0 saturated carbocycles. The molecule has 0 fully saturated rings. The molecule has 0 aliphatic carbocycles. The smallest absolute Gasteiger partial charge is 0.309 e. The van der Waals surface area contributed by atoms with Crippen LogP contribution in [0.2, 0.25) is 0 Å². The molecule has 0 aliphatic rings. The molecule has 82 heavy (non-hydrogen) atoms. The van der Waals surface area contributed by atoms with E-state index in [2.05, 4.69) is 69.4 Å². The molecule has 0 spiro atoms. The summed E-state index contributed by atoms with van der Waals surface area (Å²) < 4.78 is 16.9. The standard InChI is InChI=1S/C76H138O6/c1-4-7-10-13-16-19-22-25-28-30-32-33-34-35-36-37-38-39-40-41-42-43-44-46-48-51-54-57-60-63-66-69-75(78)81-72-73(71-80-74(77)68-65-62-59-56-53-50-47-27-24-21-18-15-12-9-6-3)82-76(79)70-67-64-61-58-55-52-49-45-31-29-26-23-20-17-14-11-8-5-2/h9,12,18,21,27,47,53,56,62,65,73H,4-8,10-11,13-17,19-20,22-26,28-46,48-52,54-55,57-61,63-64,66-72H2,1-3H3/b12-9-,21-18-,47-27-,56-53-,65-62-. The molecule has 0 aromatic rings. The van der Waals surface area contributed by atoms with E-state index in [4.69, 9.17) is 14.2 Å². The Balaban J connectivity index is 4.21. The minimum Gasteiger partial charge on any atom is -0.462 e. The number of rotatable bonds is 67. The number of unbranched alkanes of at least 4 members (excludes halogenated alkanes) is 47. The second kappa shape index (κ2) is 70.6. The predicted molar refractivity (Wildman–Crippen MR) is 358 cm³/mol. The lowest BCUT2D eigenvalue weighted by atomic mass is 10.0. The summed E-state index contributed by atoms with van der Waals surface area (Å²) in [4.78, 5) is 38.3. The minimum absolute atomic E-state index is 0.0989. The molecule has 0 radical (unpaired) electrons. The molecule has 0 aliphatic heterocycles. The summed E-state index contributed by atoms with van der Waals surface area (Å²) in [7, 11) is 0. The first-order valence-electron chi connectivity index (χ1n) is 36.3. The first-order chi connectivity index (χ1) is 40.5. The van der Waals surface area contributed by atoms with Crippen molar-refractivity contribution in [3.8, 4) is 0 Å². The van der Waals surface area contributed by atoms with Gasteiger partial charge in [-0.05, 0) is 44.9 Å². The van der Waals surface area contributed by atoms with E-state index in [0.29, 0.717) is 12.8 Å². The predicted octanol–water partition coefficient (Wildman–Crippen LogP) is 25.1. The van der Waals surface area contributed by atoms with Crippen LogP contribution in [0.25, 0.3) is 0 Å². The fourth-order valence-electron chi connectivity index (χ4n) is 10.9. The van der Waals surface area contributed by atoms with Gasteiger partial charge >= 0.3 is 17.9 Å². The van der Waals surface area contributed by atoms with E-state index in [9.17, 15) is 14.4 Å². The van der Waals surface area contributed by atoms with Crippen molar-refractivity contribution >= 4 is 17.9 Å². The molecule has 0 aromatic carbocycles. The van der Waals surface area contributed by atoms with E-state index in [1.807, 2.05) is 12.2 Å². The van der Waals surface area contributed by atoms with Crippen LogP contribution in [-0.2, 0) is 28.6 Å².